The van der Waals surface area contributed by atoms with Gasteiger partial charge in [0.05, 0.1) is 0 Å². The third kappa shape index (κ3) is 2.91. The maximum absolute atomic E-state index is 13.1. The fourth-order valence-electron chi connectivity index (χ4n) is 1.02. The Labute approximate surface area is 94.2 Å². The number of halogens is 2. The Kier molecular flexibility index (Phi) is 3.82. The van der Waals surface area contributed by atoms with Gasteiger partial charge in [0.25, 0.3) is 0 Å². The molecule has 0 aliphatic rings. The highest BCUT2D eigenvalue weighted by Gasteiger charge is 2.14. The lowest BCUT2D eigenvalue weighted by Gasteiger charge is -2.07. The molecule has 0 amide bonds. The molecule has 3 N–H and O–H groups in total. The highest BCUT2D eigenvalue weighted by Crippen LogP contribution is 2.13. The van der Waals surface area contributed by atoms with E-state index in [1.807, 2.05) is 22.6 Å². The topological polar surface area (TPSA) is 63.3 Å². The number of carboxylic acid groups (broad SMARTS) is 1. The van der Waals surface area contributed by atoms with E-state index in [4.69, 9.17) is 10.8 Å². The van der Waals surface area contributed by atoms with Crippen molar-refractivity contribution in [2.24, 2.45) is 5.73 Å². The first-order valence-corrected chi connectivity index (χ1v) is 5.01. The van der Waals surface area contributed by atoms with Gasteiger partial charge in [-0.25, -0.2) is 4.39 Å². The molecule has 76 valence electrons. The fraction of sp³-hybridized carbons (Fsp3) is 0.222. The van der Waals surface area contributed by atoms with Gasteiger partial charge in [0.1, 0.15) is 11.9 Å². The van der Waals surface area contributed by atoms with E-state index in [0.29, 0.717) is 5.56 Å². The van der Waals surface area contributed by atoms with Crippen molar-refractivity contribution in [2.45, 2.75) is 12.5 Å². The lowest BCUT2D eigenvalue weighted by Crippen LogP contribution is -2.32. The molecule has 0 aliphatic heterocycles. The summed E-state index contributed by atoms with van der Waals surface area (Å²) in [5.41, 5.74) is 5.64. The number of carboxylic acids is 1. The van der Waals surface area contributed by atoms with Crippen LogP contribution in [0.1, 0.15) is 5.56 Å². The van der Waals surface area contributed by atoms with E-state index < -0.39 is 17.8 Å². The normalized spacial score (nSPS) is 12.5. The second-order valence-electron chi connectivity index (χ2n) is 2.88. The summed E-state index contributed by atoms with van der Waals surface area (Å²) in [5.74, 6) is -1.54. The molecule has 0 aliphatic carbocycles. The predicted molar refractivity (Wildman–Crippen MR) is 58.4 cm³/mol. The number of rotatable bonds is 3. The summed E-state index contributed by atoms with van der Waals surface area (Å²) in [6.07, 6.45) is 0.0119. The predicted octanol–water partition coefficient (Wildman–Crippen LogP) is 1.38. The van der Waals surface area contributed by atoms with Crippen LogP contribution in [0.4, 0.5) is 4.39 Å². The maximum Gasteiger partial charge on any atom is 0.320 e. The molecular weight excluding hydrogens is 300 g/mol. The molecule has 0 radical (unpaired) electrons. The van der Waals surface area contributed by atoms with Gasteiger partial charge in [-0.05, 0) is 46.4 Å². The van der Waals surface area contributed by atoms with Crippen LogP contribution >= 0.6 is 22.6 Å². The van der Waals surface area contributed by atoms with E-state index in [2.05, 4.69) is 0 Å². The Balaban J connectivity index is 2.85. The molecule has 0 aromatic heterocycles. The fourth-order valence-corrected chi connectivity index (χ4v) is 1.58. The van der Waals surface area contributed by atoms with Gasteiger partial charge >= 0.3 is 5.97 Å². The SMILES string of the molecule is N[C@@H](Cc1cc(I)ccc1F)C(=O)O. The van der Waals surface area contributed by atoms with Crippen LogP contribution in [0.25, 0.3) is 0 Å². The van der Waals surface area contributed by atoms with Crippen LogP contribution in [0.5, 0.6) is 0 Å². The summed E-state index contributed by atoms with van der Waals surface area (Å²) in [4.78, 5) is 10.5. The Morgan fingerprint density at radius 3 is 2.86 bits per heavy atom. The van der Waals surface area contributed by atoms with E-state index >= 15 is 0 Å². The number of nitrogens with two attached hydrogens (primary N) is 1. The molecule has 0 fully saturated rings. The van der Waals surface area contributed by atoms with E-state index in [0.717, 1.165) is 3.57 Å². The molecule has 3 nitrogen and oxygen atoms in total. The molecule has 1 aromatic carbocycles. The molecule has 0 bridgehead atoms. The summed E-state index contributed by atoms with van der Waals surface area (Å²) >= 11 is 2.03. The lowest BCUT2D eigenvalue weighted by atomic mass is 10.1. The molecule has 1 aromatic rings. The number of aliphatic carboxylic acids is 1. The molecule has 0 saturated heterocycles. The van der Waals surface area contributed by atoms with E-state index in [9.17, 15) is 9.18 Å². The quantitative estimate of drug-likeness (QED) is 0.829. The molecule has 0 spiro atoms. The van der Waals surface area contributed by atoms with Crippen LogP contribution in [-0.2, 0) is 11.2 Å². The van der Waals surface area contributed by atoms with Gasteiger partial charge in [0.15, 0.2) is 0 Å². The van der Waals surface area contributed by atoms with Gasteiger partial charge in [-0.2, -0.15) is 0 Å². The monoisotopic (exact) mass is 309 g/mol. The van der Waals surface area contributed by atoms with E-state index in [-0.39, 0.29) is 6.42 Å². The Bertz CT molecular complexity index is 357. The van der Waals surface area contributed by atoms with Crippen molar-refractivity contribution in [1.29, 1.82) is 0 Å². The van der Waals surface area contributed by atoms with Gasteiger partial charge in [-0.1, -0.05) is 0 Å². The zero-order valence-electron chi connectivity index (χ0n) is 7.21. The number of benzene rings is 1. The van der Waals surface area contributed by atoms with Crippen molar-refractivity contribution < 1.29 is 14.3 Å². The lowest BCUT2D eigenvalue weighted by molar-refractivity contribution is -0.138. The van der Waals surface area contributed by atoms with Gasteiger partial charge in [0.2, 0.25) is 0 Å². The molecule has 5 heteroatoms. The van der Waals surface area contributed by atoms with Crippen LogP contribution in [0.15, 0.2) is 18.2 Å². The minimum absolute atomic E-state index is 0.0119. The first-order valence-electron chi connectivity index (χ1n) is 3.93. The summed E-state index contributed by atoms with van der Waals surface area (Å²) in [7, 11) is 0. The molecule has 1 rings (SSSR count). The van der Waals surface area contributed by atoms with Gasteiger partial charge in [0, 0.05) is 9.99 Å². The molecule has 0 unspecified atom stereocenters. The third-order valence-electron chi connectivity index (χ3n) is 1.76. The molecule has 0 heterocycles. The van der Waals surface area contributed by atoms with Crippen molar-refractivity contribution >= 4 is 28.6 Å². The van der Waals surface area contributed by atoms with Crippen LogP contribution in [0, 0.1) is 9.39 Å². The van der Waals surface area contributed by atoms with Crippen LogP contribution in [0.3, 0.4) is 0 Å². The molecule has 1 atom stereocenters. The summed E-state index contributed by atoms with van der Waals surface area (Å²) < 4.78 is 14.0. The number of carbonyl (C=O) groups is 1. The summed E-state index contributed by atoms with van der Waals surface area (Å²) in [5, 5.41) is 8.55. The van der Waals surface area contributed by atoms with Gasteiger partial charge < -0.3 is 10.8 Å². The van der Waals surface area contributed by atoms with E-state index in [1.165, 1.54) is 6.07 Å². The van der Waals surface area contributed by atoms with Crippen LogP contribution in [-0.4, -0.2) is 17.1 Å². The Morgan fingerprint density at radius 1 is 1.64 bits per heavy atom. The smallest absolute Gasteiger partial charge is 0.320 e. The van der Waals surface area contributed by atoms with Gasteiger partial charge in [-0.3, -0.25) is 4.79 Å². The van der Waals surface area contributed by atoms with Crippen molar-refractivity contribution in [3.63, 3.8) is 0 Å². The average Bonchev–Trinajstić information content (AvgIpc) is 2.11. The van der Waals surface area contributed by atoms with Crippen molar-refractivity contribution in [3.8, 4) is 0 Å². The van der Waals surface area contributed by atoms with Crippen molar-refractivity contribution in [2.75, 3.05) is 0 Å². The first-order chi connectivity index (χ1) is 6.50. The molecule has 0 saturated carbocycles. The van der Waals surface area contributed by atoms with Crippen LogP contribution in [0.2, 0.25) is 0 Å². The highest BCUT2D eigenvalue weighted by molar-refractivity contribution is 14.1. The summed E-state index contributed by atoms with van der Waals surface area (Å²) in [6, 6.07) is 3.47. The van der Waals surface area contributed by atoms with Crippen molar-refractivity contribution in [3.05, 3.63) is 33.1 Å². The van der Waals surface area contributed by atoms with Gasteiger partial charge in [-0.15, -0.1) is 0 Å². The molecular formula is C9H9FINO2. The maximum atomic E-state index is 13.1. The first kappa shape index (κ1) is 11.4. The Hall–Kier alpha value is -0.690. The number of hydrogen-bond acceptors (Lipinski definition) is 2. The minimum Gasteiger partial charge on any atom is -0.480 e. The second kappa shape index (κ2) is 4.70. The minimum atomic E-state index is -1.12. The highest BCUT2D eigenvalue weighted by atomic mass is 127. The Morgan fingerprint density at radius 2 is 2.29 bits per heavy atom. The zero-order valence-corrected chi connectivity index (χ0v) is 9.36. The average molecular weight is 309 g/mol. The zero-order chi connectivity index (χ0) is 10.7. The van der Waals surface area contributed by atoms with Crippen molar-refractivity contribution in [1.82, 2.24) is 0 Å². The van der Waals surface area contributed by atoms with Crippen LogP contribution < -0.4 is 5.73 Å². The number of hydrogen-bond donors (Lipinski definition) is 2. The largest absolute Gasteiger partial charge is 0.480 e. The molecule has 14 heavy (non-hydrogen) atoms. The summed E-state index contributed by atoms with van der Waals surface area (Å²) in [6.45, 7) is 0. The second-order valence-corrected chi connectivity index (χ2v) is 4.13. The van der Waals surface area contributed by atoms with E-state index in [1.54, 1.807) is 12.1 Å². The third-order valence-corrected chi connectivity index (χ3v) is 2.44. The standard InChI is InChI=1S/C9H9FINO2/c10-7-2-1-6(11)3-5(7)4-8(12)9(13)14/h1-3,8H,4,12H2,(H,13,14)/t8-/m0/s1.